The van der Waals surface area contributed by atoms with Gasteiger partial charge in [0.15, 0.2) is 0 Å². The quantitative estimate of drug-likeness (QED) is 0.572. The van der Waals surface area contributed by atoms with Gasteiger partial charge in [-0.1, -0.05) is 20.8 Å². The maximum absolute atomic E-state index is 11.7. The molecular formula is C14H28N2O4. The molecular weight excluding hydrogens is 260 g/mol. The number of amides is 2. The highest BCUT2D eigenvalue weighted by atomic mass is 16.5. The maximum atomic E-state index is 11.7. The summed E-state index contributed by atoms with van der Waals surface area (Å²) < 4.78 is 5.01. The van der Waals surface area contributed by atoms with Crippen LogP contribution < -0.4 is 10.6 Å². The van der Waals surface area contributed by atoms with Gasteiger partial charge >= 0.3 is 12.0 Å². The Morgan fingerprint density at radius 1 is 1.30 bits per heavy atom. The van der Waals surface area contributed by atoms with Crippen LogP contribution in [-0.2, 0) is 9.53 Å². The molecule has 0 aromatic heterocycles. The summed E-state index contributed by atoms with van der Waals surface area (Å²) in [6, 6.07) is -0.295. The fourth-order valence-corrected chi connectivity index (χ4v) is 2.09. The molecule has 0 saturated heterocycles. The second-order valence-electron chi connectivity index (χ2n) is 5.51. The van der Waals surface area contributed by atoms with E-state index in [1.807, 2.05) is 20.8 Å². The molecule has 6 nitrogen and oxygen atoms in total. The number of nitrogens with one attached hydrogen (secondary N) is 2. The van der Waals surface area contributed by atoms with E-state index in [1.165, 1.54) is 0 Å². The third kappa shape index (κ3) is 9.61. The lowest BCUT2D eigenvalue weighted by Gasteiger charge is -2.20. The van der Waals surface area contributed by atoms with Crippen molar-refractivity contribution in [1.82, 2.24) is 10.6 Å². The molecule has 0 aliphatic rings. The van der Waals surface area contributed by atoms with Crippen LogP contribution in [0.2, 0.25) is 0 Å². The minimum atomic E-state index is -0.830. The van der Waals surface area contributed by atoms with E-state index in [4.69, 9.17) is 9.84 Å². The van der Waals surface area contributed by atoms with Crippen molar-refractivity contribution >= 4 is 12.0 Å². The van der Waals surface area contributed by atoms with E-state index in [-0.39, 0.29) is 24.4 Å². The molecule has 118 valence electrons. The van der Waals surface area contributed by atoms with Crippen LogP contribution in [0, 0.1) is 11.8 Å². The average Bonchev–Trinajstić information content (AvgIpc) is 2.34. The highest BCUT2D eigenvalue weighted by molar-refractivity contribution is 5.74. The van der Waals surface area contributed by atoms with Crippen molar-refractivity contribution in [3.05, 3.63) is 0 Å². The van der Waals surface area contributed by atoms with Gasteiger partial charge in [0.05, 0.1) is 12.6 Å². The van der Waals surface area contributed by atoms with Crippen LogP contribution in [0.4, 0.5) is 4.79 Å². The van der Waals surface area contributed by atoms with Crippen LogP contribution in [0.1, 0.15) is 40.0 Å². The fraction of sp³-hybridized carbons (Fsp3) is 0.857. The number of carboxylic acids is 1. The van der Waals surface area contributed by atoms with Crippen LogP contribution in [0.25, 0.3) is 0 Å². The summed E-state index contributed by atoms with van der Waals surface area (Å²) in [7, 11) is 1.59. The predicted octanol–water partition coefficient (Wildman–Crippen LogP) is 1.85. The first-order valence-corrected chi connectivity index (χ1v) is 7.14. The zero-order valence-corrected chi connectivity index (χ0v) is 12.9. The predicted molar refractivity (Wildman–Crippen MR) is 77.7 cm³/mol. The van der Waals surface area contributed by atoms with E-state index in [1.54, 1.807) is 7.11 Å². The van der Waals surface area contributed by atoms with E-state index in [0.29, 0.717) is 19.1 Å². The largest absolute Gasteiger partial charge is 0.481 e. The fourth-order valence-electron chi connectivity index (χ4n) is 2.09. The SMILES string of the molecule is CCC(COC)NC(=O)NC[C@H](CC(=O)O)CC(C)C. The van der Waals surface area contributed by atoms with Crippen molar-refractivity contribution in [2.24, 2.45) is 11.8 Å². The van der Waals surface area contributed by atoms with E-state index in [0.717, 1.165) is 12.8 Å². The number of urea groups is 1. The van der Waals surface area contributed by atoms with Gasteiger partial charge in [0.25, 0.3) is 0 Å². The molecule has 0 radical (unpaired) electrons. The Morgan fingerprint density at radius 3 is 2.40 bits per heavy atom. The maximum Gasteiger partial charge on any atom is 0.315 e. The summed E-state index contributed by atoms with van der Waals surface area (Å²) in [6.07, 6.45) is 1.64. The number of carboxylic acid groups (broad SMARTS) is 1. The van der Waals surface area contributed by atoms with E-state index in [2.05, 4.69) is 10.6 Å². The van der Waals surface area contributed by atoms with Gasteiger partial charge in [0.1, 0.15) is 0 Å². The molecule has 0 rings (SSSR count). The minimum absolute atomic E-state index is 0.0250. The molecule has 0 aromatic rings. The first-order valence-electron chi connectivity index (χ1n) is 7.14. The van der Waals surface area contributed by atoms with Gasteiger partial charge in [0.2, 0.25) is 0 Å². The minimum Gasteiger partial charge on any atom is -0.481 e. The topological polar surface area (TPSA) is 87.7 Å². The third-order valence-corrected chi connectivity index (χ3v) is 3.02. The highest BCUT2D eigenvalue weighted by Gasteiger charge is 2.17. The summed E-state index contributed by atoms with van der Waals surface area (Å²) in [5.74, 6) is -0.467. The number of carbonyl (C=O) groups is 2. The summed E-state index contributed by atoms with van der Waals surface area (Å²) in [4.78, 5) is 22.5. The molecule has 2 atom stereocenters. The van der Waals surface area contributed by atoms with E-state index < -0.39 is 5.97 Å². The summed E-state index contributed by atoms with van der Waals surface area (Å²) >= 11 is 0. The number of aliphatic carboxylic acids is 1. The monoisotopic (exact) mass is 288 g/mol. The van der Waals surface area contributed by atoms with Gasteiger partial charge in [-0.25, -0.2) is 4.79 Å². The van der Waals surface area contributed by atoms with Crippen molar-refractivity contribution < 1.29 is 19.4 Å². The molecule has 0 heterocycles. The molecule has 2 amide bonds. The van der Waals surface area contributed by atoms with Crippen molar-refractivity contribution in [3.63, 3.8) is 0 Å². The molecule has 0 bridgehead atoms. The lowest BCUT2D eigenvalue weighted by atomic mass is 9.94. The Kier molecular flexibility index (Phi) is 9.80. The van der Waals surface area contributed by atoms with Crippen LogP contribution in [0.5, 0.6) is 0 Å². The Labute approximate surface area is 121 Å². The van der Waals surface area contributed by atoms with Crippen molar-refractivity contribution in [2.75, 3.05) is 20.3 Å². The van der Waals surface area contributed by atoms with E-state index >= 15 is 0 Å². The van der Waals surface area contributed by atoms with Crippen molar-refractivity contribution in [1.29, 1.82) is 0 Å². The molecule has 0 aliphatic carbocycles. The number of hydrogen-bond donors (Lipinski definition) is 3. The second-order valence-corrected chi connectivity index (χ2v) is 5.51. The normalized spacial score (nSPS) is 13.8. The van der Waals surface area contributed by atoms with Gasteiger partial charge in [0, 0.05) is 20.1 Å². The number of carbonyl (C=O) groups excluding carboxylic acids is 1. The Hall–Kier alpha value is -1.30. The smallest absolute Gasteiger partial charge is 0.315 e. The molecule has 0 fully saturated rings. The Bertz CT molecular complexity index is 295. The van der Waals surface area contributed by atoms with E-state index in [9.17, 15) is 9.59 Å². The highest BCUT2D eigenvalue weighted by Crippen LogP contribution is 2.14. The first kappa shape index (κ1) is 18.7. The van der Waals surface area contributed by atoms with Gasteiger partial charge in [-0.2, -0.15) is 0 Å². The number of ether oxygens (including phenoxy) is 1. The molecule has 0 saturated carbocycles. The van der Waals surface area contributed by atoms with Gasteiger partial charge in [-0.3, -0.25) is 4.79 Å². The van der Waals surface area contributed by atoms with Crippen molar-refractivity contribution in [3.8, 4) is 0 Å². The van der Waals surface area contributed by atoms with Crippen molar-refractivity contribution in [2.45, 2.75) is 46.1 Å². The standard InChI is InChI=1S/C14H28N2O4/c1-5-12(9-20-4)16-14(19)15-8-11(6-10(2)3)7-13(17)18/h10-12H,5-9H2,1-4H3,(H,17,18)(H2,15,16,19)/t11-,12?/m0/s1. The second kappa shape index (κ2) is 10.5. The molecule has 0 aliphatic heterocycles. The Balaban J connectivity index is 4.17. The molecule has 3 N–H and O–H groups in total. The van der Waals surface area contributed by atoms with Crippen LogP contribution >= 0.6 is 0 Å². The molecule has 6 heteroatoms. The van der Waals surface area contributed by atoms with Gasteiger partial charge in [-0.15, -0.1) is 0 Å². The molecule has 20 heavy (non-hydrogen) atoms. The third-order valence-electron chi connectivity index (χ3n) is 3.02. The van der Waals surface area contributed by atoms with Gasteiger partial charge < -0.3 is 20.5 Å². The lowest BCUT2D eigenvalue weighted by Crippen LogP contribution is -2.45. The Morgan fingerprint density at radius 2 is 1.95 bits per heavy atom. The number of methoxy groups -OCH3 is 1. The number of hydrogen-bond acceptors (Lipinski definition) is 3. The average molecular weight is 288 g/mol. The van der Waals surface area contributed by atoms with Crippen LogP contribution in [-0.4, -0.2) is 43.4 Å². The molecule has 0 spiro atoms. The molecule has 0 aromatic carbocycles. The van der Waals surface area contributed by atoms with Gasteiger partial charge in [-0.05, 0) is 24.7 Å². The zero-order valence-electron chi connectivity index (χ0n) is 12.9. The number of rotatable bonds is 10. The van der Waals surface area contributed by atoms with Crippen LogP contribution in [0.3, 0.4) is 0 Å². The molecule has 1 unspecified atom stereocenters. The van der Waals surface area contributed by atoms with Crippen LogP contribution in [0.15, 0.2) is 0 Å². The first-order chi connectivity index (χ1) is 9.38. The zero-order chi connectivity index (χ0) is 15.5. The lowest BCUT2D eigenvalue weighted by molar-refractivity contribution is -0.138. The summed E-state index contributed by atoms with van der Waals surface area (Å²) in [6.45, 7) is 6.89. The summed E-state index contributed by atoms with van der Waals surface area (Å²) in [5, 5.41) is 14.4. The summed E-state index contributed by atoms with van der Waals surface area (Å²) in [5.41, 5.74) is 0.